The molecular weight excluding hydrogens is 322 g/mol. The van der Waals surface area contributed by atoms with E-state index >= 15 is 0 Å². The highest BCUT2D eigenvalue weighted by molar-refractivity contribution is 9.10. The van der Waals surface area contributed by atoms with Gasteiger partial charge in [-0.25, -0.2) is 0 Å². The van der Waals surface area contributed by atoms with Crippen molar-refractivity contribution in [2.45, 2.75) is 25.8 Å². The minimum Gasteiger partial charge on any atom is -0.379 e. The molecule has 0 spiro atoms. The van der Waals surface area contributed by atoms with Crippen LogP contribution < -0.4 is 5.73 Å². The maximum Gasteiger partial charge on any atom is 0.231 e. The lowest BCUT2D eigenvalue weighted by Crippen LogP contribution is -2.18. The highest BCUT2D eigenvalue weighted by Crippen LogP contribution is 2.14. The molecule has 0 saturated carbocycles. The Labute approximate surface area is 126 Å². The number of nitrogens with zero attached hydrogens (tertiary/aromatic N) is 2. The Balaban J connectivity index is 1.93. The molecule has 20 heavy (non-hydrogen) atoms. The van der Waals surface area contributed by atoms with Gasteiger partial charge in [-0.1, -0.05) is 40.1 Å². The molecule has 1 atom stereocenters. The Morgan fingerprint density at radius 3 is 2.80 bits per heavy atom. The van der Waals surface area contributed by atoms with Crippen LogP contribution in [0.15, 0.2) is 33.3 Å². The molecule has 2 N–H and O–H groups in total. The van der Waals surface area contributed by atoms with E-state index in [9.17, 15) is 0 Å². The second-order valence-corrected chi connectivity index (χ2v) is 5.45. The van der Waals surface area contributed by atoms with Gasteiger partial charge in [-0.15, -0.1) is 0 Å². The number of rotatable bonds is 7. The van der Waals surface area contributed by atoms with E-state index in [4.69, 9.17) is 15.0 Å². The molecule has 0 amide bonds. The third kappa shape index (κ3) is 4.40. The molecular formula is C14H18BrN3O2. The lowest BCUT2D eigenvalue weighted by molar-refractivity contribution is 0.119. The van der Waals surface area contributed by atoms with Gasteiger partial charge in [-0.2, -0.15) is 4.98 Å². The first-order valence-corrected chi connectivity index (χ1v) is 7.38. The topological polar surface area (TPSA) is 74.2 Å². The number of hydrogen-bond donors (Lipinski definition) is 1. The van der Waals surface area contributed by atoms with E-state index in [-0.39, 0.29) is 6.04 Å². The Bertz CT molecular complexity index is 527. The van der Waals surface area contributed by atoms with E-state index in [0.29, 0.717) is 31.3 Å². The van der Waals surface area contributed by atoms with Crippen LogP contribution in [0, 0.1) is 0 Å². The van der Waals surface area contributed by atoms with Crippen LogP contribution >= 0.6 is 15.9 Å². The van der Waals surface area contributed by atoms with Crippen LogP contribution in [0.1, 0.15) is 36.7 Å². The minimum atomic E-state index is -0.344. The van der Waals surface area contributed by atoms with Gasteiger partial charge in [-0.3, -0.25) is 0 Å². The van der Waals surface area contributed by atoms with Crippen molar-refractivity contribution in [3.63, 3.8) is 0 Å². The molecule has 0 saturated heterocycles. The molecule has 6 heteroatoms. The van der Waals surface area contributed by atoms with Gasteiger partial charge in [0.05, 0.1) is 19.1 Å². The molecule has 1 unspecified atom stereocenters. The second kappa shape index (κ2) is 7.52. The second-order valence-electron chi connectivity index (χ2n) is 4.53. The Morgan fingerprint density at radius 1 is 1.35 bits per heavy atom. The fourth-order valence-corrected chi connectivity index (χ4v) is 1.96. The van der Waals surface area contributed by atoms with Crippen LogP contribution in [0.25, 0.3) is 0 Å². The average molecular weight is 340 g/mol. The summed E-state index contributed by atoms with van der Waals surface area (Å²) in [4.78, 5) is 4.31. The summed E-state index contributed by atoms with van der Waals surface area (Å²) in [5, 5.41) is 3.91. The summed E-state index contributed by atoms with van der Waals surface area (Å²) in [5.41, 5.74) is 7.06. The van der Waals surface area contributed by atoms with E-state index in [1.807, 2.05) is 24.3 Å². The zero-order valence-electron chi connectivity index (χ0n) is 11.4. The van der Waals surface area contributed by atoms with E-state index < -0.39 is 0 Å². The summed E-state index contributed by atoms with van der Waals surface area (Å²) in [7, 11) is 0. The molecule has 1 heterocycles. The smallest absolute Gasteiger partial charge is 0.231 e. The summed E-state index contributed by atoms with van der Waals surface area (Å²) in [6, 6.07) is 7.65. The SMILES string of the molecule is CCCOCC(N)c1noc(Cc2ccc(Br)cc2)n1. The van der Waals surface area contributed by atoms with Gasteiger partial charge in [0, 0.05) is 11.1 Å². The van der Waals surface area contributed by atoms with Crippen molar-refractivity contribution in [3.8, 4) is 0 Å². The molecule has 0 aliphatic rings. The van der Waals surface area contributed by atoms with Crippen LogP contribution in [-0.2, 0) is 11.2 Å². The molecule has 2 rings (SSSR count). The van der Waals surface area contributed by atoms with Crippen molar-refractivity contribution < 1.29 is 9.26 Å². The van der Waals surface area contributed by atoms with Crippen LogP contribution in [0.2, 0.25) is 0 Å². The highest BCUT2D eigenvalue weighted by Gasteiger charge is 2.14. The number of ether oxygens (including phenoxy) is 1. The van der Waals surface area contributed by atoms with Crippen molar-refractivity contribution in [2.75, 3.05) is 13.2 Å². The predicted molar refractivity (Wildman–Crippen MR) is 79.3 cm³/mol. The third-order valence-corrected chi connectivity index (χ3v) is 3.26. The largest absolute Gasteiger partial charge is 0.379 e. The molecule has 0 fully saturated rings. The maximum atomic E-state index is 5.95. The highest BCUT2D eigenvalue weighted by atomic mass is 79.9. The van der Waals surface area contributed by atoms with Gasteiger partial charge in [0.1, 0.15) is 0 Å². The normalized spacial score (nSPS) is 12.6. The Morgan fingerprint density at radius 2 is 2.10 bits per heavy atom. The molecule has 0 aliphatic carbocycles. The van der Waals surface area contributed by atoms with E-state index in [0.717, 1.165) is 16.5 Å². The van der Waals surface area contributed by atoms with E-state index in [1.165, 1.54) is 0 Å². The lowest BCUT2D eigenvalue weighted by atomic mass is 10.1. The van der Waals surface area contributed by atoms with Crippen LogP contribution in [0.5, 0.6) is 0 Å². The molecule has 2 aromatic rings. The van der Waals surface area contributed by atoms with Gasteiger partial charge in [0.25, 0.3) is 0 Å². The molecule has 0 aliphatic heterocycles. The van der Waals surface area contributed by atoms with E-state index in [2.05, 4.69) is 33.0 Å². The average Bonchev–Trinajstić information content (AvgIpc) is 2.90. The zero-order valence-corrected chi connectivity index (χ0v) is 13.0. The van der Waals surface area contributed by atoms with Gasteiger partial charge in [-0.05, 0) is 24.1 Å². The fourth-order valence-electron chi connectivity index (χ4n) is 1.70. The van der Waals surface area contributed by atoms with Gasteiger partial charge in [0.2, 0.25) is 5.89 Å². The van der Waals surface area contributed by atoms with Crippen LogP contribution in [0.3, 0.4) is 0 Å². The number of hydrogen-bond acceptors (Lipinski definition) is 5. The van der Waals surface area contributed by atoms with Gasteiger partial charge >= 0.3 is 0 Å². The Hall–Kier alpha value is -1.24. The molecule has 1 aromatic heterocycles. The van der Waals surface area contributed by atoms with Crippen molar-refractivity contribution >= 4 is 15.9 Å². The molecule has 5 nitrogen and oxygen atoms in total. The van der Waals surface area contributed by atoms with Crippen molar-refractivity contribution in [1.82, 2.24) is 10.1 Å². The number of aromatic nitrogens is 2. The van der Waals surface area contributed by atoms with E-state index in [1.54, 1.807) is 0 Å². The molecule has 1 aromatic carbocycles. The zero-order chi connectivity index (χ0) is 14.4. The van der Waals surface area contributed by atoms with Gasteiger partial charge in [0.15, 0.2) is 5.82 Å². The first-order chi connectivity index (χ1) is 9.69. The van der Waals surface area contributed by atoms with Crippen molar-refractivity contribution in [1.29, 1.82) is 0 Å². The standard InChI is InChI=1S/C14H18BrN3O2/c1-2-7-19-9-12(16)14-17-13(20-18-14)8-10-3-5-11(15)6-4-10/h3-6,12H,2,7-9,16H2,1H3. The summed E-state index contributed by atoms with van der Waals surface area (Å²) in [6.45, 7) is 3.15. The number of benzene rings is 1. The Kier molecular flexibility index (Phi) is 5.70. The monoisotopic (exact) mass is 339 g/mol. The molecule has 0 radical (unpaired) electrons. The molecule has 108 valence electrons. The minimum absolute atomic E-state index is 0.344. The summed E-state index contributed by atoms with van der Waals surface area (Å²) >= 11 is 3.40. The maximum absolute atomic E-state index is 5.95. The fraction of sp³-hybridized carbons (Fsp3) is 0.429. The first kappa shape index (κ1) is 15.2. The first-order valence-electron chi connectivity index (χ1n) is 6.59. The number of halogens is 1. The van der Waals surface area contributed by atoms with Gasteiger partial charge < -0.3 is 15.0 Å². The van der Waals surface area contributed by atoms with Crippen LogP contribution in [0.4, 0.5) is 0 Å². The third-order valence-electron chi connectivity index (χ3n) is 2.73. The summed E-state index contributed by atoms with van der Waals surface area (Å²) in [5.74, 6) is 1.06. The molecule has 0 bridgehead atoms. The van der Waals surface area contributed by atoms with Crippen molar-refractivity contribution in [2.24, 2.45) is 5.73 Å². The quantitative estimate of drug-likeness (QED) is 0.785. The summed E-state index contributed by atoms with van der Waals surface area (Å²) in [6.07, 6.45) is 1.57. The predicted octanol–water partition coefficient (Wildman–Crippen LogP) is 2.85. The number of nitrogens with two attached hydrogens (primary N) is 1. The van der Waals surface area contributed by atoms with Crippen LogP contribution in [-0.4, -0.2) is 23.4 Å². The van der Waals surface area contributed by atoms with Crippen molar-refractivity contribution in [3.05, 3.63) is 46.0 Å². The summed E-state index contributed by atoms with van der Waals surface area (Å²) < 4.78 is 11.6. The lowest BCUT2D eigenvalue weighted by Gasteiger charge is -2.06.